The lowest BCUT2D eigenvalue weighted by Crippen LogP contribution is -2.55. The van der Waals surface area contributed by atoms with Crippen LogP contribution in [0.5, 0.6) is 0 Å². The summed E-state index contributed by atoms with van der Waals surface area (Å²) >= 11 is 0. The number of sulfone groups is 1. The van der Waals surface area contributed by atoms with E-state index in [-0.39, 0.29) is 23.5 Å². The normalized spacial score (nSPS) is 22.6. The molecule has 1 atom stereocenters. The maximum Gasteiger partial charge on any atom is 0.237 e. The second-order valence-corrected chi connectivity index (χ2v) is 8.40. The molecular formula is C13H27N3O3S. The van der Waals surface area contributed by atoms with Crippen molar-refractivity contribution in [2.24, 2.45) is 5.73 Å². The molecule has 1 aliphatic heterocycles. The van der Waals surface area contributed by atoms with Crippen LogP contribution in [0.3, 0.4) is 0 Å². The number of hydrogen-bond acceptors (Lipinski definition) is 5. The average molecular weight is 305 g/mol. The number of amides is 1. The van der Waals surface area contributed by atoms with E-state index in [4.69, 9.17) is 5.73 Å². The Morgan fingerprint density at radius 1 is 1.35 bits per heavy atom. The number of carbonyl (C=O) groups is 1. The molecule has 7 heteroatoms. The fraction of sp³-hybridized carbons (Fsp3) is 0.923. The molecule has 1 saturated heterocycles. The zero-order valence-corrected chi connectivity index (χ0v) is 13.5. The number of nitrogens with two attached hydrogens (primary N) is 1. The second-order valence-electron chi connectivity index (χ2n) is 6.09. The molecule has 0 aromatic rings. The van der Waals surface area contributed by atoms with Crippen LogP contribution in [0.4, 0.5) is 0 Å². The Morgan fingerprint density at radius 3 is 2.35 bits per heavy atom. The minimum absolute atomic E-state index is 0.188. The first kappa shape index (κ1) is 17.4. The van der Waals surface area contributed by atoms with Gasteiger partial charge in [0.15, 0.2) is 9.84 Å². The average Bonchev–Trinajstić information content (AvgIpc) is 2.30. The van der Waals surface area contributed by atoms with E-state index in [0.29, 0.717) is 19.5 Å². The van der Waals surface area contributed by atoms with Crippen LogP contribution in [0.1, 0.15) is 33.6 Å². The van der Waals surface area contributed by atoms with E-state index in [0.717, 1.165) is 13.0 Å². The Morgan fingerprint density at radius 2 is 1.90 bits per heavy atom. The van der Waals surface area contributed by atoms with Crippen LogP contribution in [-0.4, -0.2) is 61.9 Å². The molecule has 0 bridgehead atoms. The van der Waals surface area contributed by atoms with E-state index in [9.17, 15) is 13.2 Å². The van der Waals surface area contributed by atoms with Gasteiger partial charge in [-0.1, -0.05) is 0 Å². The predicted molar refractivity (Wildman–Crippen MR) is 80.2 cm³/mol. The summed E-state index contributed by atoms with van der Waals surface area (Å²) in [5, 5.41) is 3.22. The quantitative estimate of drug-likeness (QED) is 0.676. The van der Waals surface area contributed by atoms with Crippen LogP contribution < -0.4 is 11.1 Å². The van der Waals surface area contributed by atoms with Crippen LogP contribution in [0.15, 0.2) is 0 Å². The number of hydrogen-bond donors (Lipinski definition) is 2. The standard InChI is InChI=1S/C13H27N3O3S/c1-11(2)15-13(3,12(14)17)5-4-6-16-7-9-20(18,19)10-8-16/h11,15H,4-10H2,1-3H3,(H2,14,17). The van der Waals surface area contributed by atoms with Gasteiger partial charge < -0.3 is 16.0 Å². The lowest BCUT2D eigenvalue weighted by Gasteiger charge is -2.32. The number of primary amides is 1. The van der Waals surface area contributed by atoms with Crippen molar-refractivity contribution in [1.29, 1.82) is 0 Å². The van der Waals surface area contributed by atoms with Crippen molar-refractivity contribution >= 4 is 15.7 Å². The molecule has 118 valence electrons. The van der Waals surface area contributed by atoms with Gasteiger partial charge in [-0.05, 0) is 40.2 Å². The molecule has 0 radical (unpaired) electrons. The highest BCUT2D eigenvalue weighted by atomic mass is 32.2. The minimum Gasteiger partial charge on any atom is -0.368 e. The molecule has 1 fully saturated rings. The molecule has 0 aliphatic carbocycles. The molecule has 1 unspecified atom stereocenters. The summed E-state index contributed by atoms with van der Waals surface area (Å²) < 4.78 is 22.7. The smallest absolute Gasteiger partial charge is 0.237 e. The number of nitrogens with one attached hydrogen (secondary N) is 1. The van der Waals surface area contributed by atoms with Gasteiger partial charge in [0, 0.05) is 19.1 Å². The van der Waals surface area contributed by atoms with Crippen LogP contribution in [0, 0.1) is 0 Å². The molecule has 0 aromatic carbocycles. The predicted octanol–water partition coefficient (Wildman–Crippen LogP) is -0.261. The largest absolute Gasteiger partial charge is 0.368 e. The zero-order chi connectivity index (χ0) is 15.4. The molecule has 20 heavy (non-hydrogen) atoms. The van der Waals surface area contributed by atoms with E-state index >= 15 is 0 Å². The van der Waals surface area contributed by atoms with Crippen molar-refractivity contribution in [3.05, 3.63) is 0 Å². The SMILES string of the molecule is CC(C)NC(C)(CCCN1CCS(=O)(=O)CC1)C(N)=O. The van der Waals surface area contributed by atoms with Gasteiger partial charge in [0.05, 0.1) is 17.0 Å². The van der Waals surface area contributed by atoms with Crippen LogP contribution in [-0.2, 0) is 14.6 Å². The fourth-order valence-electron chi connectivity index (χ4n) is 2.53. The zero-order valence-electron chi connectivity index (χ0n) is 12.7. The monoisotopic (exact) mass is 305 g/mol. The van der Waals surface area contributed by atoms with Crippen molar-refractivity contribution < 1.29 is 13.2 Å². The molecule has 1 aliphatic rings. The minimum atomic E-state index is -2.83. The third kappa shape index (κ3) is 5.38. The van der Waals surface area contributed by atoms with Gasteiger partial charge in [0.2, 0.25) is 5.91 Å². The Hall–Kier alpha value is -0.660. The Kier molecular flexibility index (Phi) is 5.97. The molecule has 1 rings (SSSR count). The van der Waals surface area contributed by atoms with Gasteiger partial charge in [0.1, 0.15) is 0 Å². The summed E-state index contributed by atoms with van der Waals surface area (Å²) in [6.45, 7) is 7.78. The lowest BCUT2D eigenvalue weighted by molar-refractivity contribution is -0.124. The summed E-state index contributed by atoms with van der Waals surface area (Å²) in [6, 6.07) is 0.188. The van der Waals surface area contributed by atoms with Crippen molar-refractivity contribution in [3.63, 3.8) is 0 Å². The van der Waals surface area contributed by atoms with Crippen LogP contribution in [0.25, 0.3) is 0 Å². The Balaban J connectivity index is 2.40. The number of rotatable bonds is 7. The highest BCUT2D eigenvalue weighted by Gasteiger charge is 2.31. The Labute approximate surface area is 122 Å². The number of nitrogens with zero attached hydrogens (tertiary/aromatic N) is 1. The topological polar surface area (TPSA) is 92.5 Å². The molecule has 0 spiro atoms. The van der Waals surface area contributed by atoms with Crippen molar-refractivity contribution in [1.82, 2.24) is 10.2 Å². The number of carbonyl (C=O) groups excluding carboxylic acids is 1. The highest BCUT2D eigenvalue weighted by Crippen LogP contribution is 2.14. The van der Waals surface area contributed by atoms with Crippen molar-refractivity contribution in [2.75, 3.05) is 31.1 Å². The summed E-state index contributed by atoms with van der Waals surface area (Å²) in [4.78, 5) is 13.7. The summed E-state index contributed by atoms with van der Waals surface area (Å²) in [6.07, 6.45) is 1.48. The van der Waals surface area contributed by atoms with Gasteiger partial charge in [0.25, 0.3) is 0 Å². The molecule has 1 amide bonds. The van der Waals surface area contributed by atoms with Gasteiger partial charge in [-0.15, -0.1) is 0 Å². The first-order chi connectivity index (χ1) is 9.15. The lowest BCUT2D eigenvalue weighted by atomic mass is 9.93. The third-order valence-electron chi connectivity index (χ3n) is 3.74. The summed E-state index contributed by atoms with van der Waals surface area (Å²) in [5.41, 5.74) is 4.78. The van der Waals surface area contributed by atoms with E-state index < -0.39 is 15.4 Å². The van der Waals surface area contributed by atoms with Gasteiger partial charge in [-0.25, -0.2) is 8.42 Å². The molecule has 6 nitrogen and oxygen atoms in total. The fourth-order valence-corrected chi connectivity index (χ4v) is 3.81. The Bertz CT molecular complexity index is 422. The van der Waals surface area contributed by atoms with Gasteiger partial charge in [-0.3, -0.25) is 4.79 Å². The van der Waals surface area contributed by atoms with E-state index in [1.54, 1.807) is 0 Å². The first-order valence-corrected chi connectivity index (χ1v) is 8.97. The second kappa shape index (κ2) is 6.87. The van der Waals surface area contributed by atoms with Gasteiger partial charge >= 0.3 is 0 Å². The summed E-state index contributed by atoms with van der Waals surface area (Å²) in [7, 11) is -2.83. The van der Waals surface area contributed by atoms with Crippen LogP contribution in [0.2, 0.25) is 0 Å². The van der Waals surface area contributed by atoms with E-state index in [1.165, 1.54) is 0 Å². The third-order valence-corrected chi connectivity index (χ3v) is 5.35. The van der Waals surface area contributed by atoms with Crippen molar-refractivity contribution in [2.45, 2.75) is 45.2 Å². The maximum atomic E-state index is 11.6. The van der Waals surface area contributed by atoms with E-state index in [2.05, 4.69) is 10.2 Å². The van der Waals surface area contributed by atoms with E-state index in [1.807, 2.05) is 20.8 Å². The van der Waals surface area contributed by atoms with Crippen molar-refractivity contribution in [3.8, 4) is 0 Å². The maximum absolute atomic E-state index is 11.6. The van der Waals surface area contributed by atoms with Crippen LogP contribution >= 0.6 is 0 Å². The molecule has 3 N–H and O–H groups in total. The molecular weight excluding hydrogens is 278 g/mol. The van der Waals surface area contributed by atoms with Gasteiger partial charge in [-0.2, -0.15) is 0 Å². The molecule has 0 aromatic heterocycles. The molecule has 1 heterocycles. The molecule has 0 saturated carbocycles. The first-order valence-electron chi connectivity index (χ1n) is 7.15. The summed E-state index contributed by atoms with van der Waals surface area (Å²) in [5.74, 6) is 0.140. The highest BCUT2D eigenvalue weighted by molar-refractivity contribution is 7.91.